The maximum Gasteiger partial charge on any atom is 0.132 e. The van der Waals surface area contributed by atoms with Crippen molar-refractivity contribution >= 4 is 45.3 Å². The number of morpholine rings is 2. The van der Waals surface area contributed by atoms with Crippen LogP contribution < -0.4 is 15.1 Å². The Morgan fingerprint density at radius 2 is 1.58 bits per heavy atom. The van der Waals surface area contributed by atoms with Gasteiger partial charge in [0.1, 0.15) is 5.82 Å². The smallest absolute Gasteiger partial charge is 0.132 e. The molecule has 2 aliphatic heterocycles. The topological polar surface area (TPSA) is 49.9 Å². The first kappa shape index (κ1) is 24.9. The SMILES string of the molecule is Cc1c(-c2ccccc2F)nc2cccc(Cl)c2c1Nc1cc(N2CCOCC2)ccc1N1CCOCC1. The number of hydrogen-bond donors (Lipinski definition) is 1. The molecule has 1 aromatic heterocycles. The number of fused-ring (bicyclic) bond motifs is 1. The van der Waals surface area contributed by atoms with Gasteiger partial charge in [-0.25, -0.2) is 9.37 Å². The third kappa shape index (κ3) is 4.77. The highest BCUT2D eigenvalue weighted by atomic mass is 35.5. The van der Waals surface area contributed by atoms with E-state index in [1.165, 1.54) is 6.07 Å². The third-order valence-electron chi connectivity index (χ3n) is 7.30. The highest BCUT2D eigenvalue weighted by Crippen LogP contribution is 2.42. The molecule has 1 N–H and O–H groups in total. The normalized spacial score (nSPS) is 16.2. The summed E-state index contributed by atoms with van der Waals surface area (Å²) in [6.45, 7) is 8.07. The Balaban J connectivity index is 1.52. The molecule has 0 saturated carbocycles. The van der Waals surface area contributed by atoms with Crippen molar-refractivity contribution < 1.29 is 13.9 Å². The van der Waals surface area contributed by atoms with Gasteiger partial charge < -0.3 is 24.6 Å². The second-order valence-electron chi connectivity index (χ2n) is 9.60. The zero-order chi connectivity index (χ0) is 26.1. The van der Waals surface area contributed by atoms with E-state index >= 15 is 0 Å². The molecule has 8 heteroatoms. The Morgan fingerprint density at radius 1 is 0.868 bits per heavy atom. The largest absolute Gasteiger partial charge is 0.378 e. The first-order valence-electron chi connectivity index (χ1n) is 13.0. The maximum absolute atomic E-state index is 14.9. The summed E-state index contributed by atoms with van der Waals surface area (Å²) in [5.41, 5.74) is 6.61. The Morgan fingerprint density at radius 3 is 2.32 bits per heavy atom. The molecule has 6 rings (SSSR count). The quantitative estimate of drug-likeness (QED) is 0.320. The molecule has 2 saturated heterocycles. The van der Waals surface area contributed by atoms with Crippen LogP contribution in [-0.4, -0.2) is 57.6 Å². The van der Waals surface area contributed by atoms with Crippen LogP contribution in [0.3, 0.4) is 0 Å². The molecule has 0 amide bonds. The van der Waals surface area contributed by atoms with Crippen molar-refractivity contribution in [3.05, 3.63) is 77.1 Å². The highest BCUT2D eigenvalue weighted by Gasteiger charge is 2.22. The van der Waals surface area contributed by atoms with Crippen LogP contribution in [0.2, 0.25) is 5.02 Å². The van der Waals surface area contributed by atoms with Crippen LogP contribution >= 0.6 is 11.6 Å². The monoisotopic (exact) mass is 532 g/mol. The molecule has 0 radical (unpaired) electrons. The maximum atomic E-state index is 14.9. The number of nitrogens with one attached hydrogen (secondary N) is 1. The number of rotatable bonds is 5. The van der Waals surface area contributed by atoms with Gasteiger partial charge in [0, 0.05) is 42.8 Å². The minimum atomic E-state index is -0.307. The van der Waals surface area contributed by atoms with E-state index in [4.69, 9.17) is 26.1 Å². The average Bonchev–Trinajstić information content (AvgIpc) is 2.96. The van der Waals surface area contributed by atoms with Crippen molar-refractivity contribution in [2.75, 3.05) is 67.7 Å². The molecule has 0 spiro atoms. The van der Waals surface area contributed by atoms with Crippen LogP contribution in [0.1, 0.15) is 5.56 Å². The fourth-order valence-electron chi connectivity index (χ4n) is 5.29. The number of anilines is 4. The Bertz CT molecular complexity index is 1470. The Hall–Kier alpha value is -3.39. The summed E-state index contributed by atoms with van der Waals surface area (Å²) in [6, 6.07) is 19.0. The minimum absolute atomic E-state index is 0.307. The van der Waals surface area contributed by atoms with Crippen molar-refractivity contribution in [1.29, 1.82) is 0 Å². The van der Waals surface area contributed by atoms with Crippen molar-refractivity contribution in [3.8, 4) is 11.3 Å². The fraction of sp³-hybridized carbons (Fsp3) is 0.300. The van der Waals surface area contributed by atoms with E-state index in [2.05, 4.69) is 33.3 Å². The van der Waals surface area contributed by atoms with Crippen molar-refractivity contribution in [1.82, 2.24) is 4.98 Å². The molecular formula is C30H30ClFN4O2. The molecule has 4 aromatic rings. The van der Waals surface area contributed by atoms with Crippen LogP contribution in [0.4, 0.5) is 27.1 Å². The van der Waals surface area contributed by atoms with Gasteiger partial charge in [0.2, 0.25) is 0 Å². The summed E-state index contributed by atoms with van der Waals surface area (Å²) in [7, 11) is 0. The summed E-state index contributed by atoms with van der Waals surface area (Å²) in [6.07, 6.45) is 0. The lowest BCUT2D eigenvalue weighted by atomic mass is 10.0. The second-order valence-corrected chi connectivity index (χ2v) is 10.0. The molecule has 2 aliphatic rings. The summed E-state index contributed by atoms with van der Waals surface area (Å²) < 4.78 is 26.1. The molecule has 196 valence electrons. The molecule has 3 aromatic carbocycles. The van der Waals surface area contributed by atoms with Crippen LogP contribution in [0.25, 0.3) is 22.2 Å². The van der Waals surface area contributed by atoms with E-state index in [-0.39, 0.29) is 5.82 Å². The molecule has 38 heavy (non-hydrogen) atoms. The first-order valence-corrected chi connectivity index (χ1v) is 13.4. The average molecular weight is 533 g/mol. The number of halogens is 2. The summed E-state index contributed by atoms with van der Waals surface area (Å²) >= 11 is 6.77. The summed E-state index contributed by atoms with van der Waals surface area (Å²) in [4.78, 5) is 9.54. The van der Waals surface area contributed by atoms with Gasteiger partial charge in [0.25, 0.3) is 0 Å². The van der Waals surface area contributed by atoms with Crippen molar-refractivity contribution in [2.45, 2.75) is 6.92 Å². The summed E-state index contributed by atoms with van der Waals surface area (Å²) in [5, 5.41) is 5.16. The molecule has 3 heterocycles. The molecular weight excluding hydrogens is 503 g/mol. The predicted molar refractivity (Wildman–Crippen MR) is 153 cm³/mol. The highest BCUT2D eigenvalue weighted by molar-refractivity contribution is 6.36. The van der Waals surface area contributed by atoms with E-state index in [9.17, 15) is 4.39 Å². The van der Waals surface area contributed by atoms with E-state index in [1.807, 2.05) is 31.2 Å². The standard InChI is InChI=1S/C30H30ClFN4O2/c1-20-29(22-5-2-3-7-24(22)32)33-25-8-4-6-23(31)28(25)30(20)34-26-19-21(35-11-15-37-16-12-35)9-10-27(26)36-13-17-38-18-14-36/h2-10,19H,11-18H2,1H3,(H,33,34). The fourth-order valence-corrected chi connectivity index (χ4v) is 5.56. The number of nitrogens with zero attached hydrogens (tertiary/aromatic N) is 3. The van der Waals surface area contributed by atoms with Gasteiger partial charge >= 0.3 is 0 Å². The number of hydrogen-bond acceptors (Lipinski definition) is 6. The molecule has 6 nitrogen and oxygen atoms in total. The molecule has 2 fully saturated rings. The second kappa shape index (κ2) is 10.8. The molecule has 0 atom stereocenters. The first-order chi connectivity index (χ1) is 18.6. The van der Waals surface area contributed by atoms with Crippen LogP contribution in [-0.2, 0) is 9.47 Å². The van der Waals surface area contributed by atoms with Crippen molar-refractivity contribution in [2.24, 2.45) is 0 Å². The number of benzene rings is 3. The molecule has 0 unspecified atom stereocenters. The van der Waals surface area contributed by atoms with Gasteiger partial charge in [-0.1, -0.05) is 29.8 Å². The van der Waals surface area contributed by atoms with Gasteiger partial charge in [-0.15, -0.1) is 0 Å². The predicted octanol–water partition coefficient (Wildman–Crippen LogP) is 6.42. The lowest BCUT2D eigenvalue weighted by Gasteiger charge is -2.33. The van der Waals surface area contributed by atoms with Crippen LogP contribution in [0, 0.1) is 12.7 Å². The van der Waals surface area contributed by atoms with Gasteiger partial charge in [0.05, 0.1) is 59.7 Å². The minimum Gasteiger partial charge on any atom is -0.378 e. The van der Waals surface area contributed by atoms with Gasteiger partial charge in [-0.3, -0.25) is 0 Å². The van der Waals surface area contributed by atoms with Gasteiger partial charge in [-0.2, -0.15) is 0 Å². The Kier molecular flexibility index (Phi) is 7.06. The zero-order valence-corrected chi connectivity index (χ0v) is 22.1. The van der Waals surface area contributed by atoms with E-state index in [0.717, 1.165) is 59.9 Å². The third-order valence-corrected chi connectivity index (χ3v) is 7.62. The lowest BCUT2D eigenvalue weighted by Crippen LogP contribution is -2.37. The number of aromatic nitrogens is 1. The number of ether oxygens (including phenoxy) is 2. The zero-order valence-electron chi connectivity index (χ0n) is 21.3. The van der Waals surface area contributed by atoms with Crippen LogP contribution in [0.15, 0.2) is 60.7 Å². The molecule has 0 aliphatic carbocycles. The van der Waals surface area contributed by atoms with Crippen LogP contribution in [0.5, 0.6) is 0 Å². The lowest BCUT2D eigenvalue weighted by molar-refractivity contribution is 0.122. The van der Waals surface area contributed by atoms with E-state index in [1.54, 1.807) is 12.1 Å². The van der Waals surface area contributed by atoms with Crippen molar-refractivity contribution in [3.63, 3.8) is 0 Å². The number of pyridine rings is 1. The van der Waals surface area contributed by atoms with E-state index in [0.29, 0.717) is 48.2 Å². The van der Waals surface area contributed by atoms with Gasteiger partial charge in [0.15, 0.2) is 0 Å². The molecule has 0 bridgehead atoms. The van der Waals surface area contributed by atoms with E-state index < -0.39 is 0 Å². The Labute approximate surface area is 226 Å². The summed E-state index contributed by atoms with van der Waals surface area (Å²) in [5.74, 6) is -0.307. The van der Waals surface area contributed by atoms with Gasteiger partial charge in [-0.05, 0) is 55.0 Å².